The van der Waals surface area contributed by atoms with Crippen LogP contribution in [0, 0.1) is 17.1 Å². The van der Waals surface area contributed by atoms with Gasteiger partial charge in [-0.05, 0) is 38.1 Å². The number of aromatic nitrogens is 4. The highest BCUT2D eigenvalue weighted by Crippen LogP contribution is 2.40. The monoisotopic (exact) mass is 432 g/mol. The van der Waals surface area contributed by atoms with Crippen LogP contribution in [0.25, 0.3) is 22.5 Å². The highest BCUT2D eigenvalue weighted by Gasteiger charge is 2.31. The summed E-state index contributed by atoms with van der Waals surface area (Å²) in [6.45, 7) is 4.14. The molecule has 0 spiro atoms. The fraction of sp³-hybridized carbons (Fsp3) is 0.182. The van der Waals surface area contributed by atoms with Gasteiger partial charge in [0.1, 0.15) is 17.5 Å². The molecule has 3 aromatic heterocycles. The summed E-state index contributed by atoms with van der Waals surface area (Å²) < 4.78 is 22.5. The first-order chi connectivity index (χ1) is 14.9. The fourth-order valence-corrected chi connectivity index (χ4v) is 4.63. The van der Waals surface area contributed by atoms with Gasteiger partial charge in [-0.25, -0.2) is 19.3 Å². The molecule has 2 bridgehead atoms. The number of imidazole rings is 1. The Bertz CT molecular complexity index is 1370. The third-order valence-electron chi connectivity index (χ3n) is 5.30. The number of ether oxygens (including phenoxy) is 1. The van der Waals surface area contributed by atoms with Crippen molar-refractivity contribution in [2.45, 2.75) is 26.0 Å². The van der Waals surface area contributed by atoms with E-state index in [1.54, 1.807) is 30.2 Å². The Morgan fingerprint density at radius 1 is 1.26 bits per heavy atom. The Morgan fingerprint density at radius 2 is 2.10 bits per heavy atom. The average molecular weight is 432 g/mol. The molecule has 1 aliphatic rings. The normalized spacial score (nSPS) is 14.1. The van der Waals surface area contributed by atoms with Crippen LogP contribution >= 0.6 is 11.3 Å². The van der Waals surface area contributed by atoms with E-state index in [1.807, 2.05) is 18.4 Å². The Balaban J connectivity index is 1.84. The van der Waals surface area contributed by atoms with E-state index >= 15 is 0 Å². The number of nitrogens with zero attached hydrogens (tertiary/aromatic N) is 5. The first-order valence-corrected chi connectivity index (χ1v) is 10.4. The maximum atomic E-state index is 14.3. The van der Waals surface area contributed by atoms with Gasteiger partial charge in [0, 0.05) is 22.9 Å². The molecular weight excluding hydrogens is 415 g/mol. The molecule has 1 aromatic carbocycles. The number of benzene rings is 1. The van der Waals surface area contributed by atoms with Gasteiger partial charge >= 0.3 is 0 Å². The smallest absolute Gasteiger partial charge is 0.166 e. The van der Waals surface area contributed by atoms with Gasteiger partial charge in [0.05, 0.1) is 34.6 Å². The van der Waals surface area contributed by atoms with Crippen LogP contribution in [0.3, 0.4) is 0 Å². The van der Waals surface area contributed by atoms with Crippen molar-refractivity contribution >= 4 is 17.2 Å². The summed E-state index contributed by atoms with van der Waals surface area (Å²) in [5.74, 6) is 0.175. The summed E-state index contributed by atoms with van der Waals surface area (Å²) in [7, 11) is 0. The molecule has 0 atom stereocenters. The second-order valence-corrected chi connectivity index (χ2v) is 8.65. The number of thiazole rings is 1. The average Bonchev–Trinajstić information content (AvgIpc) is 3.36. The molecule has 7 nitrogen and oxygen atoms in total. The van der Waals surface area contributed by atoms with Gasteiger partial charge in [-0.3, -0.25) is 0 Å². The minimum atomic E-state index is -0.940. The van der Waals surface area contributed by atoms with Gasteiger partial charge in [-0.15, -0.1) is 11.3 Å². The number of rotatable bonds is 0. The van der Waals surface area contributed by atoms with Crippen LogP contribution in [0.5, 0.6) is 5.75 Å². The molecule has 5 rings (SSSR count). The predicted octanol–water partition coefficient (Wildman–Crippen LogP) is 4.34. The Morgan fingerprint density at radius 3 is 2.90 bits per heavy atom. The molecule has 0 fully saturated rings. The molecule has 31 heavy (non-hydrogen) atoms. The molecule has 9 heteroatoms. The largest absolute Gasteiger partial charge is 0.479 e. The summed E-state index contributed by atoms with van der Waals surface area (Å²) in [4.78, 5) is 14.1. The van der Waals surface area contributed by atoms with Crippen molar-refractivity contribution in [3.63, 3.8) is 0 Å². The van der Waals surface area contributed by atoms with E-state index in [0.29, 0.717) is 29.1 Å². The molecule has 4 heterocycles. The van der Waals surface area contributed by atoms with Crippen LogP contribution in [0.1, 0.15) is 30.0 Å². The number of nitrogen functional groups attached to an aromatic ring is 1. The zero-order valence-corrected chi connectivity index (χ0v) is 17.6. The second kappa shape index (κ2) is 6.89. The molecule has 0 saturated carbocycles. The maximum absolute atomic E-state index is 14.3. The van der Waals surface area contributed by atoms with Gasteiger partial charge in [-0.2, -0.15) is 5.26 Å². The van der Waals surface area contributed by atoms with Crippen LogP contribution in [0.2, 0.25) is 0 Å². The van der Waals surface area contributed by atoms with E-state index in [9.17, 15) is 9.65 Å². The van der Waals surface area contributed by atoms with Crippen LogP contribution < -0.4 is 10.5 Å². The molecule has 0 saturated heterocycles. The summed E-state index contributed by atoms with van der Waals surface area (Å²) >= 11 is 1.49. The van der Waals surface area contributed by atoms with Crippen molar-refractivity contribution in [2.75, 3.05) is 5.73 Å². The minimum Gasteiger partial charge on any atom is -0.479 e. The molecule has 4 aromatic rings. The van der Waals surface area contributed by atoms with E-state index in [0.717, 1.165) is 16.1 Å². The molecule has 0 radical (unpaired) electrons. The highest BCUT2D eigenvalue weighted by molar-refractivity contribution is 7.10. The first-order valence-electron chi connectivity index (χ1n) is 9.50. The lowest BCUT2D eigenvalue weighted by Crippen LogP contribution is -2.27. The van der Waals surface area contributed by atoms with E-state index in [1.165, 1.54) is 23.5 Å². The van der Waals surface area contributed by atoms with Crippen LogP contribution in [-0.4, -0.2) is 19.5 Å². The zero-order valence-electron chi connectivity index (χ0n) is 16.8. The number of fused-ring (bicyclic) bond motifs is 7. The van der Waals surface area contributed by atoms with Gasteiger partial charge < -0.3 is 15.0 Å². The molecule has 0 unspecified atom stereocenters. The Hall–Kier alpha value is -3.77. The standard InChI is InChI=1S/C22H17FN6OS/c1-22(2)15-6-13(23)3-4-14(15)19-18(31-11-28-19)9-29-10-27-16(7-24)20(29)12-5-17(30-22)21(25)26-8-12/h3-6,8,10-11H,9H2,1-2H3,(H2,25,26). The number of anilines is 1. The Labute approximate surface area is 181 Å². The van der Waals surface area contributed by atoms with Crippen molar-refractivity contribution in [1.29, 1.82) is 5.26 Å². The van der Waals surface area contributed by atoms with Crippen LogP contribution in [0.4, 0.5) is 10.2 Å². The third kappa shape index (κ3) is 3.12. The van der Waals surface area contributed by atoms with Gasteiger partial charge in [0.15, 0.2) is 17.3 Å². The van der Waals surface area contributed by atoms with Crippen LogP contribution in [0.15, 0.2) is 42.3 Å². The van der Waals surface area contributed by atoms with E-state index in [-0.39, 0.29) is 17.3 Å². The van der Waals surface area contributed by atoms with Gasteiger partial charge in [-0.1, -0.05) is 0 Å². The summed E-state index contributed by atoms with van der Waals surface area (Å²) in [5, 5.41) is 9.60. The van der Waals surface area contributed by atoms with E-state index in [2.05, 4.69) is 21.0 Å². The highest BCUT2D eigenvalue weighted by atomic mass is 32.1. The van der Waals surface area contributed by atoms with Gasteiger partial charge in [0.25, 0.3) is 0 Å². The lowest BCUT2D eigenvalue weighted by Gasteiger charge is -2.30. The quantitative estimate of drug-likeness (QED) is 0.443. The van der Waals surface area contributed by atoms with Crippen molar-refractivity contribution in [2.24, 2.45) is 0 Å². The van der Waals surface area contributed by atoms with E-state index < -0.39 is 5.60 Å². The summed E-state index contributed by atoms with van der Waals surface area (Å²) in [5.41, 5.74) is 10.6. The Kier molecular flexibility index (Phi) is 4.27. The third-order valence-corrected chi connectivity index (χ3v) is 6.12. The van der Waals surface area contributed by atoms with Gasteiger partial charge in [0.2, 0.25) is 0 Å². The number of hydrogen-bond donors (Lipinski definition) is 1. The van der Waals surface area contributed by atoms with E-state index in [4.69, 9.17) is 10.5 Å². The number of halogens is 1. The lowest BCUT2D eigenvalue weighted by atomic mass is 9.90. The first kappa shape index (κ1) is 19.2. The SMILES string of the molecule is CC1(C)Oc2cc(cnc2N)-c2c(C#N)ncn2Cc2scnc2-c2ccc(F)cc21. The van der Waals surface area contributed by atoms with Crippen molar-refractivity contribution in [3.8, 4) is 34.3 Å². The van der Waals surface area contributed by atoms with Crippen molar-refractivity contribution in [1.82, 2.24) is 19.5 Å². The topological polar surface area (TPSA) is 103 Å². The number of nitriles is 1. The number of pyridine rings is 1. The van der Waals surface area contributed by atoms with Crippen molar-refractivity contribution < 1.29 is 9.13 Å². The second-order valence-electron chi connectivity index (χ2n) is 7.72. The molecule has 1 aliphatic heterocycles. The lowest BCUT2D eigenvalue weighted by molar-refractivity contribution is 0.109. The number of hydrogen-bond acceptors (Lipinski definition) is 7. The predicted molar refractivity (Wildman–Crippen MR) is 115 cm³/mol. The molecule has 0 amide bonds. The zero-order chi connectivity index (χ0) is 21.8. The molecule has 0 aliphatic carbocycles. The minimum absolute atomic E-state index is 0.200. The molecule has 2 N–H and O–H groups in total. The summed E-state index contributed by atoms with van der Waals surface area (Å²) in [6.07, 6.45) is 3.21. The fourth-order valence-electron chi connectivity index (χ4n) is 3.86. The van der Waals surface area contributed by atoms with Crippen LogP contribution in [-0.2, 0) is 12.1 Å². The summed E-state index contributed by atoms with van der Waals surface area (Å²) in [6, 6.07) is 8.48. The maximum Gasteiger partial charge on any atom is 0.166 e. The molecular formula is C22H17FN6OS. The molecule has 154 valence electrons. The number of nitrogens with two attached hydrogens (primary N) is 1. The van der Waals surface area contributed by atoms with Crippen molar-refractivity contribution in [3.05, 3.63) is 64.3 Å².